The van der Waals surface area contributed by atoms with E-state index in [1.807, 2.05) is 41.8 Å². The predicted octanol–water partition coefficient (Wildman–Crippen LogP) is 1.75. The van der Waals surface area contributed by atoms with E-state index in [0.29, 0.717) is 30.5 Å². The number of likely N-dealkylation sites (tertiary alicyclic amines) is 1. The van der Waals surface area contributed by atoms with Gasteiger partial charge in [0.1, 0.15) is 5.69 Å². The van der Waals surface area contributed by atoms with Crippen LogP contribution in [0.3, 0.4) is 0 Å². The Morgan fingerprint density at radius 2 is 2.17 bits per heavy atom. The van der Waals surface area contributed by atoms with Crippen molar-refractivity contribution in [2.24, 2.45) is 12.5 Å². The SMILES string of the molecule is Cc1noc([C@H]2CN(C(=O)c3cccn3C)CC23CCOCC3)n1. The molecule has 0 N–H and O–H groups in total. The zero-order valence-electron chi connectivity index (χ0n) is 14.1. The summed E-state index contributed by atoms with van der Waals surface area (Å²) < 4.78 is 12.9. The largest absolute Gasteiger partial charge is 0.381 e. The topological polar surface area (TPSA) is 73.4 Å². The van der Waals surface area contributed by atoms with Crippen molar-refractivity contribution >= 4 is 5.91 Å². The van der Waals surface area contributed by atoms with Crippen molar-refractivity contribution in [3.8, 4) is 0 Å². The number of amides is 1. The van der Waals surface area contributed by atoms with Gasteiger partial charge in [0.25, 0.3) is 5.91 Å². The Kier molecular flexibility index (Phi) is 3.68. The zero-order chi connectivity index (χ0) is 16.7. The molecule has 0 radical (unpaired) electrons. The zero-order valence-corrected chi connectivity index (χ0v) is 14.1. The lowest BCUT2D eigenvalue weighted by atomic mass is 9.72. The van der Waals surface area contributed by atoms with Gasteiger partial charge in [-0.3, -0.25) is 4.79 Å². The molecule has 2 aliphatic rings. The first-order valence-electron chi connectivity index (χ1n) is 8.38. The maximum atomic E-state index is 12.9. The number of hydrogen-bond acceptors (Lipinski definition) is 5. The van der Waals surface area contributed by atoms with Crippen LogP contribution in [0.2, 0.25) is 0 Å². The normalized spacial score (nSPS) is 23.1. The highest BCUT2D eigenvalue weighted by atomic mass is 16.5. The van der Waals surface area contributed by atoms with Gasteiger partial charge in [-0.15, -0.1) is 0 Å². The van der Waals surface area contributed by atoms with Crippen molar-refractivity contribution in [3.63, 3.8) is 0 Å². The van der Waals surface area contributed by atoms with Gasteiger partial charge in [-0.1, -0.05) is 5.16 Å². The molecule has 4 heterocycles. The van der Waals surface area contributed by atoms with Gasteiger partial charge in [0.05, 0.1) is 5.92 Å². The van der Waals surface area contributed by atoms with Gasteiger partial charge in [-0.05, 0) is 31.9 Å². The Hall–Kier alpha value is -2.15. The van der Waals surface area contributed by atoms with Crippen LogP contribution in [0.25, 0.3) is 0 Å². The summed E-state index contributed by atoms with van der Waals surface area (Å²) >= 11 is 0. The van der Waals surface area contributed by atoms with Crippen molar-refractivity contribution in [2.75, 3.05) is 26.3 Å². The molecule has 1 amide bonds. The Labute approximate surface area is 140 Å². The molecule has 0 aliphatic carbocycles. The number of carbonyl (C=O) groups excluding carboxylic acids is 1. The monoisotopic (exact) mass is 330 g/mol. The number of hydrogen-bond donors (Lipinski definition) is 0. The molecule has 1 spiro atoms. The average molecular weight is 330 g/mol. The summed E-state index contributed by atoms with van der Waals surface area (Å²) in [7, 11) is 1.90. The molecule has 2 saturated heterocycles. The molecule has 2 aromatic heterocycles. The van der Waals surface area contributed by atoms with Crippen molar-refractivity contribution in [1.29, 1.82) is 0 Å². The summed E-state index contributed by atoms with van der Waals surface area (Å²) in [5.74, 6) is 1.43. The molecule has 7 nitrogen and oxygen atoms in total. The first-order valence-corrected chi connectivity index (χ1v) is 8.38. The molecule has 1 atom stereocenters. The van der Waals surface area contributed by atoms with Gasteiger partial charge in [-0.2, -0.15) is 4.98 Å². The Morgan fingerprint density at radius 3 is 2.79 bits per heavy atom. The summed E-state index contributed by atoms with van der Waals surface area (Å²) in [5.41, 5.74) is 0.678. The van der Waals surface area contributed by atoms with E-state index in [2.05, 4.69) is 10.1 Å². The summed E-state index contributed by atoms with van der Waals surface area (Å²) in [6, 6.07) is 3.76. The second kappa shape index (κ2) is 5.73. The lowest BCUT2D eigenvalue weighted by Gasteiger charge is -2.36. The average Bonchev–Trinajstić information content (AvgIpc) is 3.27. The number of aryl methyl sites for hydroxylation is 2. The molecule has 0 saturated carbocycles. The van der Waals surface area contributed by atoms with Crippen LogP contribution in [0.1, 0.15) is 41.0 Å². The molecular weight excluding hydrogens is 308 g/mol. The first-order chi connectivity index (χ1) is 11.6. The van der Waals surface area contributed by atoms with E-state index < -0.39 is 0 Å². The fourth-order valence-electron chi connectivity index (χ4n) is 4.05. The van der Waals surface area contributed by atoms with Crippen LogP contribution in [0.15, 0.2) is 22.9 Å². The molecule has 0 aromatic carbocycles. The summed E-state index contributed by atoms with van der Waals surface area (Å²) in [6.07, 6.45) is 3.72. The number of rotatable bonds is 2. The number of nitrogens with zero attached hydrogens (tertiary/aromatic N) is 4. The fourth-order valence-corrected chi connectivity index (χ4v) is 4.05. The standard InChI is InChI=1S/C17H22N4O3/c1-12-18-15(24-19-12)13-10-21(11-17(13)5-8-23-9-6-17)16(22)14-4-3-7-20(14)2/h3-4,7,13H,5-6,8-11H2,1-2H3/t13-/m1/s1. The molecular formula is C17H22N4O3. The molecule has 128 valence electrons. The molecule has 24 heavy (non-hydrogen) atoms. The van der Waals surface area contributed by atoms with Crippen molar-refractivity contribution in [2.45, 2.75) is 25.7 Å². The molecule has 0 unspecified atom stereocenters. The summed E-state index contributed by atoms with van der Waals surface area (Å²) in [4.78, 5) is 19.3. The van der Waals surface area contributed by atoms with Crippen LogP contribution >= 0.6 is 0 Å². The molecule has 4 rings (SSSR count). The van der Waals surface area contributed by atoms with Gasteiger partial charge in [-0.25, -0.2) is 0 Å². The van der Waals surface area contributed by atoms with Crippen molar-refractivity contribution < 1.29 is 14.1 Å². The second-order valence-electron chi connectivity index (χ2n) is 6.90. The van der Waals surface area contributed by atoms with E-state index >= 15 is 0 Å². The van der Waals surface area contributed by atoms with Crippen molar-refractivity contribution in [3.05, 3.63) is 35.7 Å². The quantitative estimate of drug-likeness (QED) is 0.839. The van der Waals surface area contributed by atoms with E-state index in [9.17, 15) is 4.79 Å². The van der Waals surface area contributed by atoms with Gasteiger partial charge in [0.15, 0.2) is 5.82 Å². The lowest BCUT2D eigenvalue weighted by Crippen LogP contribution is -2.37. The van der Waals surface area contributed by atoms with Gasteiger partial charge >= 0.3 is 0 Å². The minimum Gasteiger partial charge on any atom is -0.381 e. The van der Waals surface area contributed by atoms with Crippen LogP contribution in [0, 0.1) is 12.3 Å². The Bertz CT molecular complexity index is 745. The van der Waals surface area contributed by atoms with E-state index in [4.69, 9.17) is 9.26 Å². The van der Waals surface area contributed by atoms with Gasteiger partial charge < -0.3 is 18.7 Å². The maximum absolute atomic E-state index is 12.9. The minimum atomic E-state index is -0.0297. The third-order valence-corrected chi connectivity index (χ3v) is 5.43. The number of ether oxygens (including phenoxy) is 1. The Morgan fingerprint density at radius 1 is 1.38 bits per heavy atom. The minimum absolute atomic E-state index is 0.0297. The predicted molar refractivity (Wildman–Crippen MR) is 85.6 cm³/mol. The fraction of sp³-hybridized carbons (Fsp3) is 0.588. The highest BCUT2D eigenvalue weighted by molar-refractivity contribution is 5.93. The summed E-state index contributed by atoms with van der Waals surface area (Å²) in [6.45, 7) is 4.59. The van der Waals surface area contributed by atoms with Crippen LogP contribution in [-0.2, 0) is 11.8 Å². The molecule has 2 aliphatic heterocycles. The van der Waals surface area contributed by atoms with E-state index in [1.54, 1.807) is 0 Å². The van der Waals surface area contributed by atoms with Crippen LogP contribution < -0.4 is 0 Å². The van der Waals surface area contributed by atoms with Crippen LogP contribution in [0.5, 0.6) is 0 Å². The smallest absolute Gasteiger partial charge is 0.270 e. The third-order valence-electron chi connectivity index (χ3n) is 5.43. The van der Waals surface area contributed by atoms with Gasteiger partial charge in [0, 0.05) is 45.0 Å². The van der Waals surface area contributed by atoms with E-state index in [0.717, 1.165) is 26.1 Å². The van der Waals surface area contributed by atoms with Gasteiger partial charge in [0.2, 0.25) is 5.89 Å². The molecule has 7 heteroatoms. The lowest BCUT2D eigenvalue weighted by molar-refractivity contribution is 0.00831. The Balaban J connectivity index is 1.65. The van der Waals surface area contributed by atoms with Crippen molar-refractivity contribution in [1.82, 2.24) is 19.6 Å². The molecule has 0 bridgehead atoms. The highest BCUT2D eigenvalue weighted by Gasteiger charge is 2.51. The van der Waals surface area contributed by atoms with E-state index in [-0.39, 0.29) is 17.2 Å². The third kappa shape index (κ3) is 2.43. The summed E-state index contributed by atoms with van der Waals surface area (Å²) in [5, 5.41) is 3.95. The number of carbonyl (C=O) groups is 1. The molecule has 2 fully saturated rings. The first kappa shape index (κ1) is 15.4. The molecule has 2 aromatic rings. The van der Waals surface area contributed by atoms with Crippen LogP contribution in [0.4, 0.5) is 0 Å². The highest BCUT2D eigenvalue weighted by Crippen LogP contribution is 2.49. The maximum Gasteiger partial charge on any atom is 0.270 e. The van der Waals surface area contributed by atoms with Crippen LogP contribution in [-0.4, -0.2) is 51.8 Å². The number of aromatic nitrogens is 3. The second-order valence-corrected chi connectivity index (χ2v) is 6.90. The van der Waals surface area contributed by atoms with E-state index in [1.165, 1.54) is 0 Å².